The molecule has 1 saturated carbocycles. The van der Waals surface area contributed by atoms with E-state index in [0.29, 0.717) is 19.3 Å². The monoisotopic (exact) mass is 367 g/mol. The second kappa shape index (κ2) is 9.34. The van der Waals surface area contributed by atoms with Crippen molar-refractivity contribution in [3.8, 4) is 0 Å². The summed E-state index contributed by atoms with van der Waals surface area (Å²) < 4.78 is 33.3. The third kappa shape index (κ3) is 6.44. The number of carbonyl (C=O) groups is 1. The number of hydrogen-bond donors (Lipinski definition) is 1. The number of ether oxygens (including phenoxy) is 1. The number of nitrogens with one attached hydrogen (secondary N) is 1. The predicted octanol–water partition coefficient (Wildman–Crippen LogP) is 3.40. The molecule has 0 amide bonds. The van der Waals surface area contributed by atoms with Gasteiger partial charge in [0.1, 0.15) is 12.6 Å². The highest BCUT2D eigenvalue weighted by Gasteiger charge is 2.32. The van der Waals surface area contributed by atoms with Gasteiger partial charge in [0.05, 0.1) is 5.25 Å². The first-order chi connectivity index (χ1) is 11.9. The summed E-state index contributed by atoms with van der Waals surface area (Å²) in [5.41, 5.74) is 0.884. The number of benzene rings is 1. The minimum absolute atomic E-state index is 0.152. The van der Waals surface area contributed by atoms with Gasteiger partial charge in [0.25, 0.3) is 0 Å². The van der Waals surface area contributed by atoms with E-state index in [2.05, 4.69) is 4.72 Å². The summed E-state index contributed by atoms with van der Waals surface area (Å²) in [5.74, 6) is -0.319. The largest absolute Gasteiger partial charge is 0.460 e. The SMILES string of the molecule is CC(C)C[C@H](NS(=O)(=O)C1CCCCC1)C(=O)OCc1ccccc1. The van der Waals surface area contributed by atoms with Crippen molar-refractivity contribution in [1.29, 1.82) is 0 Å². The summed E-state index contributed by atoms with van der Waals surface area (Å²) >= 11 is 0. The molecule has 1 fully saturated rings. The Bertz CT molecular complexity index is 637. The molecule has 0 radical (unpaired) electrons. The maximum Gasteiger partial charge on any atom is 0.324 e. The lowest BCUT2D eigenvalue weighted by molar-refractivity contribution is -0.147. The van der Waals surface area contributed by atoms with E-state index in [4.69, 9.17) is 4.74 Å². The molecule has 1 aliphatic rings. The molecule has 0 spiro atoms. The molecule has 1 aromatic rings. The van der Waals surface area contributed by atoms with E-state index < -0.39 is 27.3 Å². The molecule has 6 heteroatoms. The average Bonchev–Trinajstić information content (AvgIpc) is 2.60. The lowest BCUT2D eigenvalue weighted by Crippen LogP contribution is -2.46. The van der Waals surface area contributed by atoms with Crippen LogP contribution in [0.2, 0.25) is 0 Å². The summed E-state index contributed by atoms with van der Waals surface area (Å²) in [4.78, 5) is 12.5. The molecular formula is C19H29NO4S. The summed E-state index contributed by atoms with van der Waals surface area (Å²) in [5, 5.41) is -0.391. The summed E-state index contributed by atoms with van der Waals surface area (Å²) in [6.07, 6.45) is 4.71. The smallest absolute Gasteiger partial charge is 0.324 e. The van der Waals surface area contributed by atoms with Crippen LogP contribution in [0.1, 0.15) is 57.9 Å². The van der Waals surface area contributed by atoms with Crippen molar-refractivity contribution in [1.82, 2.24) is 4.72 Å². The van der Waals surface area contributed by atoms with Crippen LogP contribution in [0.15, 0.2) is 30.3 Å². The molecule has 140 valence electrons. The van der Waals surface area contributed by atoms with Crippen molar-refractivity contribution in [2.45, 2.75) is 70.3 Å². The Balaban J connectivity index is 2.00. The van der Waals surface area contributed by atoms with Crippen LogP contribution in [0, 0.1) is 5.92 Å². The van der Waals surface area contributed by atoms with Gasteiger partial charge in [-0.05, 0) is 30.7 Å². The quantitative estimate of drug-likeness (QED) is 0.715. The zero-order chi connectivity index (χ0) is 18.3. The molecule has 1 N–H and O–H groups in total. The van der Waals surface area contributed by atoms with E-state index in [1.807, 2.05) is 44.2 Å². The van der Waals surface area contributed by atoms with Crippen LogP contribution in [-0.2, 0) is 26.2 Å². The first-order valence-electron chi connectivity index (χ1n) is 9.10. The lowest BCUT2D eigenvalue weighted by Gasteiger charge is -2.25. The van der Waals surface area contributed by atoms with Crippen molar-refractivity contribution < 1.29 is 17.9 Å². The van der Waals surface area contributed by atoms with Gasteiger partial charge in [-0.15, -0.1) is 0 Å². The Morgan fingerprint density at radius 3 is 2.40 bits per heavy atom. The van der Waals surface area contributed by atoms with Crippen LogP contribution < -0.4 is 4.72 Å². The average molecular weight is 368 g/mol. The van der Waals surface area contributed by atoms with Gasteiger partial charge in [-0.2, -0.15) is 0 Å². The van der Waals surface area contributed by atoms with Gasteiger partial charge in [0.15, 0.2) is 0 Å². The highest BCUT2D eigenvalue weighted by Crippen LogP contribution is 2.24. The van der Waals surface area contributed by atoms with Gasteiger partial charge in [-0.1, -0.05) is 63.4 Å². The molecule has 1 aromatic carbocycles. The topological polar surface area (TPSA) is 72.5 Å². The summed E-state index contributed by atoms with van der Waals surface area (Å²) in [6, 6.07) is 8.57. The highest BCUT2D eigenvalue weighted by molar-refractivity contribution is 7.90. The van der Waals surface area contributed by atoms with Crippen molar-refractivity contribution in [3.05, 3.63) is 35.9 Å². The fourth-order valence-corrected chi connectivity index (χ4v) is 4.90. The van der Waals surface area contributed by atoms with Crippen LogP contribution in [-0.4, -0.2) is 25.7 Å². The molecule has 0 aromatic heterocycles. The molecule has 0 bridgehead atoms. The van der Waals surface area contributed by atoms with E-state index in [9.17, 15) is 13.2 Å². The van der Waals surface area contributed by atoms with Gasteiger partial charge in [-0.3, -0.25) is 4.79 Å². The van der Waals surface area contributed by atoms with Gasteiger partial charge >= 0.3 is 5.97 Å². The Hall–Kier alpha value is -1.40. The molecule has 5 nitrogen and oxygen atoms in total. The van der Waals surface area contributed by atoms with Crippen LogP contribution in [0.5, 0.6) is 0 Å². The first kappa shape index (κ1) is 19.9. The van der Waals surface area contributed by atoms with Crippen molar-refractivity contribution in [2.75, 3.05) is 0 Å². The Morgan fingerprint density at radius 2 is 1.80 bits per heavy atom. The summed E-state index contributed by atoms with van der Waals surface area (Å²) in [6.45, 7) is 4.08. The molecular weight excluding hydrogens is 338 g/mol. The van der Waals surface area contributed by atoms with E-state index >= 15 is 0 Å². The van der Waals surface area contributed by atoms with E-state index in [-0.39, 0.29) is 12.5 Å². The van der Waals surface area contributed by atoms with E-state index in [1.165, 1.54) is 0 Å². The minimum Gasteiger partial charge on any atom is -0.460 e. The van der Waals surface area contributed by atoms with E-state index in [0.717, 1.165) is 24.8 Å². The molecule has 1 atom stereocenters. The number of rotatable bonds is 8. The van der Waals surface area contributed by atoms with Gasteiger partial charge in [-0.25, -0.2) is 13.1 Å². The molecule has 2 rings (SSSR count). The predicted molar refractivity (Wildman–Crippen MR) is 98.4 cm³/mol. The minimum atomic E-state index is -3.51. The zero-order valence-electron chi connectivity index (χ0n) is 15.1. The summed E-state index contributed by atoms with van der Waals surface area (Å²) in [7, 11) is -3.51. The Kier molecular flexibility index (Phi) is 7.44. The van der Waals surface area contributed by atoms with Gasteiger partial charge in [0.2, 0.25) is 10.0 Å². The molecule has 0 heterocycles. The second-order valence-electron chi connectivity index (χ2n) is 7.20. The third-order valence-corrected chi connectivity index (χ3v) is 6.48. The standard InChI is InChI=1S/C19H29NO4S/c1-15(2)13-18(19(21)24-14-16-9-5-3-6-10-16)20-25(22,23)17-11-7-4-8-12-17/h3,5-6,9-10,15,17-18,20H,4,7-8,11-14H2,1-2H3/t18-/m0/s1. The maximum atomic E-state index is 12.6. The lowest BCUT2D eigenvalue weighted by atomic mass is 10.0. The Labute approximate surface area is 151 Å². The van der Waals surface area contributed by atoms with Gasteiger partial charge < -0.3 is 4.74 Å². The van der Waals surface area contributed by atoms with E-state index in [1.54, 1.807) is 0 Å². The molecule has 1 aliphatic carbocycles. The van der Waals surface area contributed by atoms with Gasteiger partial charge in [0, 0.05) is 0 Å². The van der Waals surface area contributed by atoms with Crippen molar-refractivity contribution >= 4 is 16.0 Å². The molecule has 0 unspecified atom stereocenters. The fraction of sp³-hybridized carbons (Fsp3) is 0.632. The van der Waals surface area contributed by atoms with Crippen molar-refractivity contribution in [3.63, 3.8) is 0 Å². The molecule has 0 aliphatic heterocycles. The highest BCUT2D eigenvalue weighted by atomic mass is 32.2. The van der Waals surface area contributed by atoms with Crippen LogP contribution in [0.25, 0.3) is 0 Å². The number of carbonyl (C=O) groups excluding carboxylic acids is 1. The van der Waals surface area contributed by atoms with Crippen molar-refractivity contribution in [2.24, 2.45) is 5.92 Å². The zero-order valence-corrected chi connectivity index (χ0v) is 15.9. The van der Waals surface area contributed by atoms with Crippen LogP contribution in [0.3, 0.4) is 0 Å². The number of hydrogen-bond acceptors (Lipinski definition) is 4. The Morgan fingerprint density at radius 1 is 1.16 bits per heavy atom. The molecule has 0 saturated heterocycles. The normalized spacial score (nSPS) is 17.4. The fourth-order valence-electron chi connectivity index (χ4n) is 3.16. The third-order valence-electron chi connectivity index (χ3n) is 4.51. The number of esters is 1. The first-order valence-corrected chi connectivity index (χ1v) is 10.6. The molecule has 25 heavy (non-hydrogen) atoms. The number of sulfonamides is 1. The van der Waals surface area contributed by atoms with Crippen LogP contribution in [0.4, 0.5) is 0 Å². The second-order valence-corrected chi connectivity index (χ2v) is 9.19. The van der Waals surface area contributed by atoms with Crippen LogP contribution >= 0.6 is 0 Å². The maximum absolute atomic E-state index is 12.6.